The van der Waals surface area contributed by atoms with Crippen molar-refractivity contribution < 1.29 is 9.53 Å². The van der Waals surface area contributed by atoms with Crippen LogP contribution >= 0.6 is 0 Å². The first-order valence-electron chi connectivity index (χ1n) is 5.03. The molecule has 0 unspecified atom stereocenters. The molecule has 0 aliphatic carbocycles. The fraction of sp³-hybridized carbons (Fsp3) is 0.0769. The number of nitrogens with zero attached hydrogens (tertiary/aromatic N) is 1. The third kappa shape index (κ3) is 2.04. The van der Waals surface area contributed by atoms with Crippen LogP contribution in [0.4, 0.5) is 5.69 Å². The number of esters is 1. The van der Waals surface area contributed by atoms with E-state index in [1.807, 2.05) is 36.4 Å². The van der Waals surface area contributed by atoms with E-state index in [2.05, 4.69) is 10.1 Å². The van der Waals surface area contributed by atoms with Crippen molar-refractivity contribution in [2.24, 2.45) is 0 Å². The van der Waals surface area contributed by atoms with Gasteiger partial charge < -0.3 is 10.1 Å². The van der Waals surface area contributed by atoms with Crippen LogP contribution in [0, 0.1) is 11.3 Å². The second-order valence-electron chi connectivity index (χ2n) is 3.44. The highest BCUT2D eigenvalue weighted by molar-refractivity contribution is 5.96. The molecule has 0 radical (unpaired) electrons. The molecule has 1 aromatic carbocycles. The number of carbonyl (C=O) groups excluding carboxylic acids is 1. The van der Waals surface area contributed by atoms with Crippen molar-refractivity contribution in [3.8, 4) is 6.07 Å². The number of carbonyl (C=O) groups is 1. The van der Waals surface area contributed by atoms with Crippen LogP contribution in [0.2, 0.25) is 0 Å². The van der Waals surface area contributed by atoms with Gasteiger partial charge in [-0.25, -0.2) is 4.79 Å². The van der Waals surface area contributed by atoms with Gasteiger partial charge in [0.2, 0.25) is 0 Å². The molecular weight excluding hydrogens is 216 g/mol. The number of allylic oxidation sites excluding steroid dienone is 1. The average Bonchev–Trinajstić information content (AvgIpc) is 2.39. The van der Waals surface area contributed by atoms with Crippen LogP contribution in [0.1, 0.15) is 5.56 Å². The molecular formula is C13H10N2O2. The maximum Gasteiger partial charge on any atom is 0.350 e. The summed E-state index contributed by atoms with van der Waals surface area (Å²) in [7, 11) is 1.25. The number of hydrogen-bond acceptors (Lipinski definition) is 4. The summed E-state index contributed by atoms with van der Waals surface area (Å²) in [5, 5.41) is 12.0. The summed E-state index contributed by atoms with van der Waals surface area (Å²) in [5.74, 6) is -0.640. The third-order valence-electron chi connectivity index (χ3n) is 2.43. The molecule has 17 heavy (non-hydrogen) atoms. The maximum absolute atomic E-state index is 11.4. The summed E-state index contributed by atoms with van der Waals surface area (Å²) < 4.78 is 4.55. The predicted octanol–water partition coefficient (Wildman–Crippen LogP) is 2.08. The Labute approximate surface area is 98.8 Å². The van der Waals surface area contributed by atoms with Gasteiger partial charge >= 0.3 is 5.97 Å². The Kier molecular flexibility index (Phi) is 2.93. The first-order valence-corrected chi connectivity index (χ1v) is 5.03. The Hall–Kier alpha value is -2.54. The van der Waals surface area contributed by atoms with Gasteiger partial charge in [-0.05, 0) is 17.7 Å². The minimum Gasteiger partial charge on any atom is -0.465 e. The lowest BCUT2D eigenvalue weighted by Gasteiger charge is -2.16. The fourth-order valence-corrected chi connectivity index (χ4v) is 1.58. The standard InChI is InChI=1S/C13H10N2O2/c1-17-13(16)10(8-14)12-7-6-9-4-2-3-5-11(9)15-12/h2-7,15H,1H3. The van der Waals surface area contributed by atoms with Gasteiger partial charge in [0.05, 0.1) is 12.8 Å². The molecule has 2 rings (SSSR count). The number of fused-ring (bicyclic) bond motifs is 1. The smallest absolute Gasteiger partial charge is 0.350 e. The minimum atomic E-state index is -0.640. The first kappa shape index (κ1) is 11.0. The Bertz CT molecular complexity index is 565. The van der Waals surface area contributed by atoms with Crippen LogP contribution in [0.25, 0.3) is 6.08 Å². The lowest BCUT2D eigenvalue weighted by molar-refractivity contribution is -0.135. The van der Waals surface area contributed by atoms with Crippen molar-refractivity contribution in [3.05, 3.63) is 47.2 Å². The summed E-state index contributed by atoms with van der Waals surface area (Å²) in [4.78, 5) is 11.4. The van der Waals surface area contributed by atoms with Gasteiger partial charge in [-0.3, -0.25) is 0 Å². The quantitative estimate of drug-likeness (QED) is 0.452. The summed E-state index contributed by atoms with van der Waals surface area (Å²) in [5.41, 5.74) is 2.30. The molecule has 1 aromatic rings. The summed E-state index contributed by atoms with van der Waals surface area (Å²) in [6.45, 7) is 0. The lowest BCUT2D eigenvalue weighted by Crippen LogP contribution is -2.12. The molecule has 4 nitrogen and oxygen atoms in total. The summed E-state index contributed by atoms with van der Waals surface area (Å²) in [6.07, 6.45) is 3.54. The van der Waals surface area contributed by atoms with E-state index in [4.69, 9.17) is 5.26 Å². The van der Waals surface area contributed by atoms with E-state index in [1.165, 1.54) is 7.11 Å². The number of para-hydroxylation sites is 1. The molecule has 1 aliphatic rings. The molecule has 84 valence electrons. The number of nitriles is 1. The molecule has 4 heteroatoms. The van der Waals surface area contributed by atoms with Crippen molar-refractivity contribution in [3.63, 3.8) is 0 Å². The Balaban J connectivity index is 2.44. The van der Waals surface area contributed by atoms with E-state index in [0.717, 1.165) is 11.3 Å². The van der Waals surface area contributed by atoms with Crippen molar-refractivity contribution in [1.29, 1.82) is 5.26 Å². The average molecular weight is 226 g/mol. The molecule has 0 fully saturated rings. The normalized spacial score (nSPS) is 15.3. The lowest BCUT2D eigenvalue weighted by atomic mass is 10.1. The van der Waals surface area contributed by atoms with Crippen LogP contribution < -0.4 is 5.32 Å². The van der Waals surface area contributed by atoms with Crippen LogP contribution in [-0.2, 0) is 9.53 Å². The molecule has 0 saturated carbocycles. The zero-order valence-electron chi connectivity index (χ0n) is 9.23. The van der Waals surface area contributed by atoms with Crippen LogP contribution in [-0.4, -0.2) is 13.1 Å². The first-order chi connectivity index (χ1) is 8.26. The highest BCUT2D eigenvalue weighted by atomic mass is 16.5. The van der Waals surface area contributed by atoms with Crippen LogP contribution in [0.3, 0.4) is 0 Å². The Morgan fingerprint density at radius 2 is 2.12 bits per heavy atom. The Morgan fingerprint density at radius 1 is 1.35 bits per heavy atom. The van der Waals surface area contributed by atoms with Gasteiger partial charge in [0.1, 0.15) is 6.07 Å². The van der Waals surface area contributed by atoms with Crippen LogP contribution in [0.15, 0.2) is 41.6 Å². The zero-order chi connectivity index (χ0) is 12.3. The molecule has 0 bridgehead atoms. The molecule has 0 atom stereocenters. The van der Waals surface area contributed by atoms with Crippen molar-refractivity contribution in [2.45, 2.75) is 0 Å². The third-order valence-corrected chi connectivity index (χ3v) is 2.43. The van der Waals surface area contributed by atoms with E-state index >= 15 is 0 Å². The molecule has 0 spiro atoms. The van der Waals surface area contributed by atoms with Gasteiger partial charge in [-0.1, -0.05) is 24.3 Å². The number of ether oxygens (including phenoxy) is 1. The molecule has 1 aliphatic heterocycles. The van der Waals surface area contributed by atoms with Crippen molar-refractivity contribution >= 4 is 17.7 Å². The molecule has 1 heterocycles. The number of benzene rings is 1. The van der Waals surface area contributed by atoms with Gasteiger partial charge in [0.25, 0.3) is 0 Å². The predicted molar refractivity (Wildman–Crippen MR) is 63.8 cm³/mol. The topological polar surface area (TPSA) is 62.1 Å². The number of rotatable bonds is 1. The molecule has 0 aromatic heterocycles. The summed E-state index contributed by atoms with van der Waals surface area (Å²) in [6, 6.07) is 9.47. The van der Waals surface area contributed by atoms with E-state index in [-0.39, 0.29) is 5.57 Å². The Morgan fingerprint density at radius 3 is 2.82 bits per heavy atom. The van der Waals surface area contributed by atoms with E-state index in [9.17, 15) is 4.79 Å². The van der Waals surface area contributed by atoms with Gasteiger partial charge in [-0.15, -0.1) is 0 Å². The second kappa shape index (κ2) is 4.54. The number of anilines is 1. The molecule has 1 N–H and O–H groups in total. The molecule has 0 saturated heterocycles. The molecule has 0 amide bonds. The monoisotopic (exact) mass is 226 g/mol. The fourth-order valence-electron chi connectivity index (χ4n) is 1.58. The van der Waals surface area contributed by atoms with Gasteiger partial charge in [-0.2, -0.15) is 5.26 Å². The highest BCUT2D eigenvalue weighted by Gasteiger charge is 2.17. The van der Waals surface area contributed by atoms with Crippen molar-refractivity contribution in [2.75, 3.05) is 12.4 Å². The van der Waals surface area contributed by atoms with E-state index in [0.29, 0.717) is 5.70 Å². The number of hydrogen-bond donors (Lipinski definition) is 1. The zero-order valence-corrected chi connectivity index (χ0v) is 9.23. The number of methoxy groups -OCH3 is 1. The second-order valence-corrected chi connectivity index (χ2v) is 3.44. The van der Waals surface area contributed by atoms with Gasteiger partial charge in [0.15, 0.2) is 5.57 Å². The minimum absolute atomic E-state index is 0.0294. The number of nitrogens with one attached hydrogen (secondary N) is 1. The highest BCUT2D eigenvalue weighted by Crippen LogP contribution is 2.25. The van der Waals surface area contributed by atoms with Crippen molar-refractivity contribution in [1.82, 2.24) is 0 Å². The van der Waals surface area contributed by atoms with Gasteiger partial charge in [0, 0.05) is 5.69 Å². The van der Waals surface area contributed by atoms with E-state index < -0.39 is 5.97 Å². The maximum atomic E-state index is 11.4. The SMILES string of the molecule is COC(=O)C(C#N)=C1C=Cc2ccccc2N1. The summed E-state index contributed by atoms with van der Waals surface area (Å²) >= 11 is 0. The largest absolute Gasteiger partial charge is 0.465 e. The van der Waals surface area contributed by atoms with E-state index in [1.54, 1.807) is 6.08 Å². The van der Waals surface area contributed by atoms with Crippen LogP contribution in [0.5, 0.6) is 0 Å².